The van der Waals surface area contributed by atoms with E-state index in [-0.39, 0.29) is 11.5 Å². The number of amides is 1. The van der Waals surface area contributed by atoms with Crippen molar-refractivity contribution < 1.29 is 9.18 Å². The van der Waals surface area contributed by atoms with Gasteiger partial charge in [0.2, 0.25) is 5.96 Å². The predicted molar refractivity (Wildman–Crippen MR) is 75.2 cm³/mol. The zero-order valence-corrected chi connectivity index (χ0v) is 11.4. The lowest BCUT2D eigenvalue weighted by atomic mass is 10.1. The molecule has 1 saturated heterocycles. The van der Waals surface area contributed by atoms with Crippen LogP contribution in [0.4, 0.5) is 4.39 Å². The Balaban J connectivity index is 1.81. The summed E-state index contributed by atoms with van der Waals surface area (Å²) in [6, 6.07) is 6.13. The van der Waals surface area contributed by atoms with Crippen LogP contribution in [0.3, 0.4) is 0 Å². The first-order chi connectivity index (χ1) is 9.77. The summed E-state index contributed by atoms with van der Waals surface area (Å²) in [6.45, 7) is 3.00. The Morgan fingerprint density at radius 3 is 2.60 bits per heavy atom. The molecule has 0 bridgehead atoms. The quantitative estimate of drug-likeness (QED) is 0.787. The van der Waals surface area contributed by atoms with Gasteiger partial charge in [-0.1, -0.05) is 12.1 Å². The van der Waals surface area contributed by atoms with Crippen LogP contribution in [-0.4, -0.2) is 47.8 Å². The minimum Gasteiger partial charge on any atom is -0.342 e. The van der Waals surface area contributed by atoms with Crippen molar-refractivity contribution in [3.05, 3.63) is 35.6 Å². The fourth-order valence-corrected chi connectivity index (χ4v) is 2.77. The van der Waals surface area contributed by atoms with Crippen molar-refractivity contribution in [3.8, 4) is 0 Å². The SMILES string of the molecule is O=C(c1ccccc1F)N1CCN=C1N1CCCCC1. The fourth-order valence-electron chi connectivity index (χ4n) is 2.77. The smallest absolute Gasteiger partial charge is 0.263 e. The number of likely N-dealkylation sites (tertiary alicyclic amines) is 1. The summed E-state index contributed by atoms with van der Waals surface area (Å²) in [4.78, 5) is 20.7. The van der Waals surface area contributed by atoms with Gasteiger partial charge in [-0.15, -0.1) is 0 Å². The van der Waals surface area contributed by atoms with E-state index in [9.17, 15) is 9.18 Å². The van der Waals surface area contributed by atoms with Crippen LogP contribution in [0.15, 0.2) is 29.3 Å². The van der Waals surface area contributed by atoms with E-state index in [0.29, 0.717) is 13.1 Å². The van der Waals surface area contributed by atoms with Crippen molar-refractivity contribution in [1.29, 1.82) is 0 Å². The highest BCUT2D eigenvalue weighted by Crippen LogP contribution is 2.18. The molecule has 0 spiro atoms. The van der Waals surface area contributed by atoms with Crippen molar-refractivity contribution in [1.82, 2.24) is 9.80 Å². The van der Waals surface area contributed by atoms with Crippen LogP contribution < -0.4 is 0 Å². The first-order valence-corrected chi connectivity index (χ1v) is 7.13. The van der Waals surface area contributed by atoms with Gasteiger partial charge in [0.05, 0.1) is 12.1 Å². The lowest BCUT2D eigenvalue weighted by Crippen LogP contribution is -2.47. The average molecular weight is 275 g/mol. The molecule has 0 unspecified atom stereocenters. The molecular weight excluding hydrogens is 257 g/mol. The summed E-state index contributed by atoms with van der Waals surface area (Å²) in [5, 5.41) is 0. The van der Waals surface area contributed by atoms with Gasteiger partial charge >= 0.3 is 0 Å². The van der Waals surface area contributed by atoms with E-state index < -0.39 is 5.82 Å². The Hall–Kier alpha value is -1.91. The third-order valence-corrected chi connectivity index (χ3v) is 3.81. The van der Waals surface area contributed by atoms with Crippen LogP contribution in [0.5, 0.6) is 0 Å². The second-order valence-corrected chi connectivity index (χ2v) is 5.17. The normalized spacial score (nSPS) is 19.1. The number of carbonyl (C=O) groups is 1. The van der Waals surface area contributed by atoms with Crippen molar-refractivity contribution in [2.24, 2.45) is 4.99 Å². The van der Waals surface area contributed by atoms with Crippen molar-refractivity contribution in [2.75, 3.05) is 26.2 Å². The van der Waals surface area contributed by atoms with Crippen LogP contribution >= 0.6 is 0 Å². The van der Waals surface area contributed by atoms with Crippen molar-refractivity contribution >= 4 is 11.9 Å². The van der Waals surface area contributed by atoms with Crippen molar-refractivity contribution in [3.63, 3.8) is 0 Å². The van der Waals surface area contributed by atoms with Gasteiger partial charge in [0.15, 0.2) is 0 Å². The Labute approximate surface area is 117 Å². The molecule has 2 heterocycles. The molecule has 2 aliphatic rings. The molecule has 0 saturated carbocycles. The summed E-state index contributed by atoms with van der Waals surface area (Å²) >= 11 is 0. The minimum atomic E-state index is -0.470. The van der Waals surface area contributed by atoms with Gasteiger partial charge in [-0.3, -0.25) is 14.7 Å². The molecule has 106 valence electrons. The summed E-state index contributed by atoms with van der Waals surface area (Å²) in [5.41, 5.74) is 0.124. The molecule has 2 aliphatic heterocycles. The molecule has 3 rings (SSSR count). The first-order valence-electron chi connectivity index (χ1n) is 7.13. The minimum absolute atomic E-state index is 0.124. The van der Waals surface area contributed by atoms with E-state index >= 15 is 0 Å². The van der Waals surface area contributed by atoms with E-state index in [1.165, 1.54) is 18.6 Å². The summed E-state index contributed by atoms with van der Waals surface area (Å²) in [5.74, 6) is -0.0368. The second kappa shape index (κ2) is 5.61. The number of hydrogen-bond donors (Lipinski definition) is 0. The second-order valence-electron chi connectivity index (χ2n) is 5.17. The van der Waals surface area contributed by atoms with Gasteiger partial charge in [0, 0.05) is 19.6 Å². The highest BCUT2D eigenvalue weighted by Gasteiger charge is 2.30. The lowest BCUT2D eigenvalue weighted by Gasteiger charge is -2.32. The van der Waals surface area contributed by atoms with Gasteiger partial charge in [0.25, 0.3) is 5.91 Å². The molecule has 4 nitrogen and oxygen atoms in total. The predicted octanol–water partition coefficient (Wildman–Crippen LogP) is 2.12. The van der Waals surface area contributed by atoms with E-state index in [0.717, 1.165) is 31.9 Å². The molecule has 5 heteroatoms. The van der Waals surface area contributed by atoms with E-state index in [1.54, 1.807) is 17.0 Å². The van der Waals surface area contributed by atoms with Crippen LogP contribution in [0.25, 0.3) is 0 Å². The number of benzene rings is 1. The van der Waals surface area contributed by atoms with Gasteiger partial charge < -0.3 is 4.90 Å². The van der Waals surface area contributed by atoms with E-state index in [1.807, 2.05) is 0 Å². The number of guanidine groups is 1. The monoisotopic (exact) mass is 275 g/mol. The molecule has 1 amide bonds. The molecule has 1 aromatic rings. The molecule has 0 aromatic heterocycles. The van der Waals surface area contributed by atoms with Gasteiger partial charge in [0.1, 0.15) is 5.82 Å². The molecular formula is C15H18FN3O. The molecule has 20 heavy (non-hydrogen) atoms. The fraction of sp³-hybridized carbons (Fsp3) is 0.467. The molecule has 0 N–H and O–H groups in total. The largest absolute Gasteiger partial charge is 0.342 e. The summed E-state index contributed by atoms with van der Waals surface area (Å²) < 4.78 is 13.8. The zero-order chi connectivity index (χ0) is 13.9. The number of carbonyl (C=O) groups excluding carboxylic acids is 1. The molecule has 1 fully saturated rings. The number of hydrogen-bond acceptors (Lipinski definition) is 3. The standard InChI is InChI=1S/C15H18FN3O/c16-13-7-3-2-6-12(13)14(20)19-11-8-17-15(19)18-9-4-1-5-10-18/h2-3,6-7H,1,4-5,8-11H2. The zero-order valence-electron chi connectivity index (χ0n) is 11.4. The highest BCUT2D eigenvalue weighted by atomic mass is 19.1. The van der Waals surface area contributed by atoms with E-state index in [4.69, 9.17) is 0 Å². The highest BCUT2D eigenvalue weighted by molar-refractivity contribution is 6.06. The van der Waals surface area contributed by atoms with Gasteiger partial charge in [-0.2, -0.15) is 0 Å². The van der Waals surface area contributed by atoms with Crippen LogP contribution in [0, 0.1) is 5.82 Å². The summed E-state index contributed by atoms with van der Waals surface area (Å²) in [7, 11) is 0. The third-order valence-electron chi connectivity index (χ3n) is 3.81. The number of halogens is 1. The number of aliphatic imine (C=N–C) groups is 1. The van der Waals surface area contributed by atoms with E-state index in [2.05, 4.69) is 9.89 Å². The number of piperidine rings is 1. The Morgan fingerprint density at radius 2 is 1.85 bits per heavy atom. The maximum Gasteiger partial charge on any atom is 0.263 e. The lowest BCUT2D eigenvalue weighted by molar-refractivity contribution is 0.0837. The average Bonchev–Trinajstić information content (AvgIpc) is 2.97. The first kappa shape index (κ1) is 13.1. The molecule has 1 aromatic carbocycles. The van der Waals surface area contributed by atoms with Gasteiger partial charge in [-0.25, -0.2) is 4.39 Å². The molecule has 0 atom stereocenters. The Bertz CT molecular complexity index is 538. The van der Waals surface area contributed by atoms with Crippen LogP contribution in [0.1, 0.15) is 29.6 Å². The third kappa shape index (κ3) is 2.40. The maximum absolute atomic E-state index is 13.8. The number of nitrogens with zero attached hydrogens (tertiary/aromatic N) is 3. The van der Waals surface area contributed by atoms with Crippen LogP contribution in [-0.2, 0) is 0 Å². The molecule has 0 aliphatic carbocycles. The maximum atomic E-state index is 13.8. The Morgan fingerprint density at radius 1 is 1.10 bits per heavy atom. The topological polar surface area (TPSA) is 35.9 Å². The van der Waals surface area contributed by atoms with Gasteiger partial charge in [-0.05, 0) is 31.4 Å². The number of rotatable bonds is 1. The van der Waals surface area contributed by atoms with Crippen molar-refractivity contribution in [2.45, 2.75) is 19.3 Å². The summed E-state index contributed by atoms with van der Waals surface area (Å²) in [6.07, 6.45) is 3.48. The Kier molecular flexibility index (Phi) is 3.67. The van der Waals surface area contributed by atoms with Crippen LogP contribution in [0.2, 0.25) is 0 Å². The molecule has 0 radical (unpaired) electrons.